The van der Waals surface area contributed by atoms with Crippen molar-refractivity contribution in [1.29, 1.82) is 0 Å². The van der Waals surface area contributed by atoms with Crippen LogP contribution in [0.15, 0.2) is 17.0 Å². The van der Waals surface area contributed by atoms with Crippen LogP contribution in [0, 0.1) is 19.7 Å². The van der Waals surface area contributed by atoms with Gasteiger partial charge in [0.05, 0.1) is 4.90 Å². The first-order valence-electron chi connectivity index (χ1n) is 3.05. The Morgan fingerprint density at radius 3 is 2.40 bits per heavy atom. The number of hydrogen-bond acceptors (Lipinski definition) is 0. The summed E-state index contributed by atoms with van der Waals surface area (Å²) in [4.78, 5) is 0.308. The third-order valence-electron chi connectivity index (χ3n) is 1.62. The van der Waals surface area contributed by atoms with E-state index in [0.29, 0.717) is 10.5 Å². The molecule has 0 aliphatic rings. The summed E-state index contributed by atoms with van der Waals surface area (Å²) in [6.45, 7) is 3.60. The quantitative estimate of drug-likeness (QED) is 0.540. The van der Waals surface area contributed by atoms with Crippen LogP contribution in [0.5, 0.6) is 0 Å². The molecule has 0 aliphatic heterocycles. The van der Waals surface area contributed by atoms with Crippen molar-refractivity contribution >= 4 is 12.6 Å². The lowest BCUT2D eigenvalue weighted by molar-refractivity contribution is 0.591. The Hall–Kier alpha value is -0.630. The molecule has 1 rings (SSSR count). The van der Waals surface area contributed by atoms with Gasteiger partial charge < -0.3 is 0 Å². The van der Waals surface area contributed by atoms with Crippen molar-refractivity contribution in [2.75, 3.05) is 0 Å². The largest absolute Gasteiger partial charge is 0.205 e. The van der Waals surface area contributed by atoms with E-state index >= 15 is 0 Å². The fourth-order valence-corrected chi connectivity index (χ4v) is 0.978. The van der Waals surface area contributed by atoms with E-state index in [4.69, 9.17) is 12.6 Å². The summed E-state index contributed by atoms with van der Waals surface area (Å²) < 4.78 is 12.9. The summed E-state index contributed by atoms with van der Waals surface area (Å²) in [5, 5.41) is 0. The molecule has 0 saturated heterocycles. The first-order chi connectivity index (χ1) is 4.63. The molecule has 1 aromatic carbocycles. The SMILES string of the molecule is Cc1ccc([S])c(F)c1C. The maximum absolute atomic E-state index is 12.9. The Kier molecular flexibility index (Phi) is 1.90. The van der Waals surface area contributed by atoms with Gasteiger partial charge in [0, 0.05) is 0 Å². The molecule has 0 nitrogen and oxygen atoms in total. The fraction of sp³-hybridized carbons (Fsp3) is 0.250. The van der Waals surface area contributed by atoms with Crippen LogP contribution in [0.1, 0.15) is 11.1 Å². The van der Waals surface area contributed by atoms with E-state index in [9.17, 15) is 4.39 Å². The number of halogens is 1. The molecule has 0 N–H and O–H groups in total. The number of rotatable bonds is 0. The van der Waals surface area contributed by atoms with Gasteiger partial charge in [0.2, 0.25) is 0 Å². The molecule has 1 aromatic rings. The summed E-state index contributed by atoms with van der Waals surface area (Å²) in [5.41, 5.74) is 1.61. The Balaban J connectivity index is 3.34. The van der Waals surface area contributed by atoms with Gasteiger partial charge in [-0.25, -0.2) is 4.39 Å². The average molecular weight is 155 g/mol. The van der Waals surface area contributed by atoms with Gasteiger partial charge in [-0.1, -0.05) is 18.7 Å². The monoisotopic (exact) mass is 155 g/mol. The Labute approximate surface area is 65.5 Å². The number of hydrogen-bond donors (Lipinski definition) is 0. The number of aryl methyl sites for hydroxylation is 1. The average Bonchev–Trinajstić information content (AvgIpc) is 1.93. The van der Waals surface area contributed by atoms with Gasteiger partial charge in [0.15, 0.2) is 0 Å². The Morgan fingerprint density at radius 2 is 1.90 bits per heavy atom. The lowest BCUT2D eigenvalue weighted by Gasteiger charge is -2.01. The van der Waals surface area contributed by atoms with E-state index in [1.54, 1.807) is 13.0 Å². The Morgan fingerprint density at radius 1 is 1.30 bits per heavy atom. The summed E-state index contributed by atoms with van der Waals surface area (Å²) in [6.07, 6.45) is 0. The highest BCUT2D eigenvalue weighted by Crippen LogP contribution is 2.18. The van der Waals surface area contributed by atoms with E-state index in [-0.39, 0.29) is 5.82 Å². The second-order valence-corrected chi connectivity index (χ2v) is 2.76. The molecular weight excluding hydrogens is 147 g/mol. The summed E-state index contributed by atoms with van der Waals surface area (Å²) >= 11 is 4.73. The first kappa shape index (κ1) is 7.48. The summed E-state index contributed by atoms with van der Waals surface area (Å²) in [5.74, 6) is -0.255. The van der Waals surface area contributed by atoms with Crippen LogP contribution in [0.2, 0.25) is 0 Å². The van der Waals surface area contributed by atoms with Crippen LogP contribution in [0.25, 0.3) is 0 Å². The van der Waals surface area contributed by atoms with E-state index in [1.807, 2.05) is 13.0 Å². The fourth-order valence-electron chi connectivity index (χ4n) is 0.757. The second kappa shape index (κ2) is 2.54. The highest BCUT2D eigenvalue weighted by atomic mass is 32.1. The zero-order chi connectivity index (χ0) is 7.72. The van der Waals surface area contributed by atoms with Gasteiger partial charge in [-0.3, -0.25) is 0 Å². The Bertz CT molecular complexity index is 229. The highest BCUT2D eigenvalue weighted by molar-refractivity contribution is 7.80. The molecule has 0 saturated carbocycles. The second-order valence-electron chi connectivity index (χ2n) is 2.32. The zero-order valence-corrected chi connectivity index (χ0v) is 6.76. The minimum atomic E-state index is -0.255. The molecule has 0 atom stereocenters. The van der Waals surface area contributed by atoms with E-state index in [0.717, 1.165) is 5.56 Å². The molecule has 0 aromatic heterocycles. The molecule has 53 valence electrons. The molecule has 0 unspecified atom stereocenters. The maximum atomic E-state index is 12.9. The maximum Gasteiger partial charge on any atom is 0.144 e. The molecule has 10 heavy (non-hydrogen) atoms. The number of benzene rings is 1. The minimum Gasteiger partial charge on any atom is -0.205 e. The van der Waals surface area contributed by atoms with Gasteiger partial charge in [0.1, 0.15) is 5.82 Å². The van der Waals surface area contributed by atoms with E-state index in [1.165, 1.54) is 0 Å². The van der Waals surface area contributed by atoms with E-state index < -0.39 is 0 Å². The molecule has 0 fully saturated rings. The van der Waals surface area contributed by atoms with Gasteiger partial charge >= 0.3 is 0 Å². The van der Waals surface area contributed by atoms with Crippen LogP contribution in [0.4, 0.5) is 4.39 Å². The third kappa shape index (κ3) is 1.12. The van der Waals surface area contributed by atoms with Crippen molar-refractivity contribution in [1.82, 2.24) is 0 Å². The summed E-state index contributed by atoms with van der Waals surface area (Å²) in [6, 6.07) is 3.45. The lowest BCUT2D eigenvalue weighted by atomic mass is 10.1. The van der Waals surface area contributed by atoms with Crippen molar-refractivity contribution < 1.29 is 4.39 Å². The molecule has 0 aliphatic carbocycles. The normalized spacial score (nSPS) is 9.90. The van der Waals surface area contributed by atoms with Crippen molar-refractivity contribution in [2.45, 2.75) is 18.7 Å². The van der Waals surface area contributed by atoms with Crippen molar-refractivity contribution in [3.63, 3.8) is 0 Å². The van der Waals surface area contributed by atoms with Crippen LogP contribution in [-0.4, -0.2) is 0 Å². The van der Waals surface area contributed by atoms with Crippen molar-refractivity contribution in [3.8, 4) is 0 Å². The molecule has 0 amide bonds. The van der Waals surface area contributed by atoms with Crippen LogP contribution >= 0.6 is 12.6 Å². The third-order valence-corrected chi connectivity index (χ3v) is 1.94. The molecule has 0 heterocycles. The van der Waals surface area contributed by atoms with Crippen LogP contribution < -0.4 is 0 Å². The van der Waals surface area contributed by atoms with Gasteiger partial charge in [-0.2, -0.15) is 0 Å². The van der Waals surface area contributed by atoms with E-state index in [2.05, 4.69) is 0 Å². The first-order valence-corrected chi connectivity index (χ1v) is 3.46. The zero-order valence-electron chi connectivity index (χ0n) is 5.94. The van der Waals surface area contributed by atoms with Crippen LogP contribution in [0.3, 0.4) is 0 Å². The van der Waals surface area contributed by atoms with Crippen molar-refractivity contribution in [2.24, 2.45) is 0 Å². The predicted molar refractivity (Wildman–Crippen MR) is 41.7 cm³/mol. The minimum absolute atomic E-state index is 0.255. The van der Waals surface area contributed by atoms with Gasteiger partial charge in [-0.15, -0.1) is 0 Å². The molecule has 0 bridgehead atoms. The molecular formula is C8H8FS. The standard InChI is InChI=1S/C8H8FS/c1-5-3-4-7(10)8(9)6(5)2/h3-4H,1-2H3. The van der Waals surface area contributed by atoms with Crippen molar-refractivity contribution in [3.05, 3.63) is 29.1 Å². The topological polar surface area (TPSA) is 0 Å². The smallest absolute Gasteiger partial charge is 0.144 e. The molecule has 2 heteroatoms. The van der Waals surface area contributed by atoms with Gasteiger partial charge in [0.25, 0.3) is 0 Å². The molecule has 1 radical (unpaired) electrons. The van der Waals surface area contributed by atoms with Crippen LogP contribution in [-0.2, 0) is 0 Å². The lowest BCUT2D eigenvalue weighted by Crippen LogP contribution is -1.87. The van der Waals surface area contributed by atoms with Gasteiger partial charge in [-0.05, 0) is 31.0 Å². The predicted octanol–water partition coefficient (Wildman–Crippen LogP) is 3.00. The highest BCUT2D eigenvalue weighted by Gasteiger charge is 2.03. The summed E-state index contributed by atoms with van der Waals surface area (Å²) in [7, 11) is 0. The molecule has 0 spiro atoms.